The summed E-state index contributed by atoms with van der Waals surface area (Å²) in [6.07, 6.45) is 1.39. The average Bonchev–Trinajstić information content (AvgIpc) is 2.75. The van der Waals surface area contributed by atoms with Crippen LogP contribution in [0.15, 0.2) is 69.1 Å². The molecule has 0 saturated heterocycles. The van der Waals surface area contributed by atoms with Crippen molar-refractivity contribution in [2.24, 2.45) is 0 Å². The fourth-order valence-electron chi connectivity index (χ4n) is 2.98. The zero-order valence-electron chi connectivity index (χ0n) is 16.3. The van der Waals surface area contributed by atoms with Crippen LogP contribution in [0.5, 0.6) is 5.75 Å². The Bertz CT molecular complexity index is 1110. The lowest BCUT2D eigenvalue weighted by atomic mass is 10.1. The van der Waals surface area contributed by atoms with E-state index in [-0.39, 0.29) is 5.57 Å². The Morgan fingerprint density at radius 1 is 0.933 bits per heavy atom. The van der Waals surface area contributed by atoms with Gasteiger partial charge in [-0.1, -0.05) is 58.4 Å². The van der Waals surface area contributed by atoms with Crippen LogP contribution >= 0.6 is 31.9 Å². The van der Waals surface area contributed by atoms with Crippen LogP contribution in [0.25, 0.3) is 16.8 Å². The van der Waals surface area contributed by atoms with Crippen molar-refractivity contribution in [3.05, 3.63) is 80.2 Å². The molecule has 0 fully saturated rings. The number of hydrogen-bond donors (Lipinski definition) is 0. The molecule has 0 N–H and O–H groups in total. The molecule has 0 unspecified atom stereocenters. The van der Waals surface area contributed by atoms with Gasteiger partial charge in [0.15, 0.2) is 0 Å². The second-order valence-corrected chi connectivity index (χ2v) is 8.04. The highest BCUT2D eigenvalue weighted by Gasteiger charge is 2.21. The van der Waals surface area contributed by atoms with E-state index in [0.717, 1.165) is 20.8 Å². The van der Waals surface area contributed by atoms with Crippen molar-refractivity contribution in [1.82, 2.24) is 0 Å². The molecule has 0 bridgehead atoms. The first-order chi connectivity index (χ1) is 14.4. The van der Waals surface area contributed by atoms with Gasteiger partial charge in [0.05, 0.1) is 18.7 Å². The van der Waals surface area contributed by atoms with Gasteiger partial charge in [0.2, 0.25) is 0 Å². The molecule has 3 aromatic rings. The largest absolute Gasteiger partial charge is 0.487 e. The average molecular weight is 534 g/mol. The highest BCUT2D eigenvalue weighted by Crippen LogP contribution is 2.35. The summed E-state index contributed by atoms with van der Waals surface area (Å²) in [4.78, 5) is 24.1. The summed E-state index contributed by atoms with van der Waals surface area (Å²) in [5.41, 5.74) is 1.29. The Kier molecular flexibility index (Phi) is 7.29. The van der Waals surface area contributed by atoms with Crippen LogP contribution in [0.1, 0.15) is 11.1 Å². The smallest absolute Gasteiger partial charge is 0.345 e. The molecule has 0 heterocycles. The summed E-state index contributed by atoms with van der Waals surface area (Å²) in [6.45, 7) is 0.300. The predicted molar refractivity (Wildman–Crippen MR) is 122 cm³/mol. The van der Waals surface area contributed by atoms with E-state index in [1.807, 2.05) is 48.5 Å². The van der Waals surface area contributed by atoms with Crippen molar-refractivity contribution < 1.29 is 23.8 Å². The quantitative estimate of drug-likeness (QED) is 0.177. The monoisotopic (exact) mass is 532 g/mol. The molecule has 0 saturated carbocycles. The summed E-state index contributed by atoms with van der Waals surface area (Å²) in [7, 11) is 2.40. The fraction of sp³-hybridized carbons (Fsp3) is 0.130. The summed E-state index contributed by atoms with van der Waals surface area (Å²) in [5, 5.41) is 2.21. The molecule has 3 rings (SSSR count). The van der Waals surface area contributed by atoms with Gasteiger partial charge in [0, 0.05) is 10.0 Å². The Hall–Kier alpha value is -2.64. The first-order valence-corrected chi connectivity index (χ1v) is 10.5. The fourth-order valence-corrected chi connectivity index (χ4v) is 4.36. The van der Waals surface area contributed by atoms with Crippen LogP contribution in [0.4, 0.5) is 0 Å². The van der Waals surface area contributed by atoms with Crippen LogP contribution in [-0.4, -0.2) is 26.2 Å². The SMILES string of the molecule is COC(=O)C(=Cc1cc(Br)cc(Br)c1OCc1cccc2ccccc12)C(=O)OC. The zero-order chi connectivity index (χ0) is 21.7. The number of carbonyl (C=O) groups is 2. The van der Waals surface area contributed by atoms with E-state index in [1.54, 1.807) is 6.07 Å². The third kappa shape index (κ3) is 4.91. The van der Waals surface area contributed by atoms with Gasteiger partial charge in [0.25, 0.3) is 0 Å². The number of halogens is 2. The lowest BCUT2D eigenvalue weighted by Crippen LogP contribution is -2.15. The second-order valence-electron chi connectivity index (χ2n) is 6.27. The molecule has 30 heavy (non-hydrogen) atoms. The summed E-state index contributed by atoms with van der Waals surface area (Å²) >= 11 is 6.93. The van der Waals surface area contributed by atoms with Gasteiger partial charge < -0.3 is 14.2 Å². The number of methoxy groups -OCH3 is 2. The van der Waals surface area contributed by atoms with E-state index >= 15 is 0 Å². The molecule has 0 atom stereocenters. The maximum atomic E-state index is 12.1. The highest BCUT2D eigenvalue weighted by atomic mass is 79.9. The van der Waals surface area contributed by atoms with Gasteiger partial charge in [-0.15, -0.1) is 0 Å². The number of carbonyl (C=O) groups excluding carboxylic acids is 2. The van der Waals surface area contributed by atoms with Gasteiger partial charge in [0.1, 0.15) is 17.9 Å². The van der Waals surface area contributed by atoms with Gasteiger partial charge in [-0.05, 0) is 50.5 Å². The van der Waals surface area contributed by atoms with Crippen molar-refractivity contribution in [3.63, 3.8) is 0 Å². The number of ether oxygens (including phenoxy) is 3. The summed E-state index contributed by atoms with van der Waals surface area (Å²) < 4.78 is 17.0. The van der Waals surface area contributed by atoms with E-state index in [1.165, 1.54) is 20.3 Å². The number of rotatable bonds is 6. The molecule has 0 aliphatic carbocycles. The maximum absolute atomic E-state index is 12.1. The minimum absolute atomic E-state index is 0.236. The van der Waals surface area contributed by atoms with Crippen LogP contribution in [0.3, 0.4) is 0 Å². The molecule has 0 radical (unpaired) electrons. The molecule has 0 aromatic heterocycles. The molecule has 5 nitrogen and oxygen atoms in total. The standard InChI is InChI=1S/C23H18Br2O5/c1-28-22(26)19(23(27)29-2)11-16-10-17(24)12-20(25)21(16)30-13-15-8-5-7-14-6-3-4-9-18(14)15/h3-12H,13H2,1-2H3. The van der Waals surface area contributed by atoms with Crippen LogP contribution in [-0.2, 0) is 25.7 Å². The van der Waals surface area contributed by atoms with E-state index in [0.29, 0.717) is 22.4 Å². The van der Waals surface area contributed by atoms with Crippen molar-refractivity contribution in [2.45, 2.75) is 6.61 Å². The first kappa shape index (κ1) is 22.1. The minimum Gasteiger partial charge on any atom is -0.487 e. The lowest BCUT2D eigenvalue weighted by Gasteiger charge is -2.14. The van der Waals surface area contributed by atoms with Gasteiger partial charge in [-0.25, -0.2) is 9.59 Å². The first-order valence-electron chi connectivity index (χ1n) is 8.91. The molecule has 0 aliphatic heterocycles. The Balaban J connectivity index is 2.02. The van der Waals surface area contributed by atoms with Crippen LogP contribution in [0.2, 0.25) is 0 Å². The van der Waals surface area contributed by atoms with Crippen LogP contribution < -0.4 is 4.74 Å². The number of benzene rings is 3. The van der Waals surface area contributed by atoms with Gasteiger partial charge in [-0.3, -0.25) is 0 Å². The summed E-state index contributed by atoms with van der Waals surface area (Å²) in [5.74, 6) is -1.10. The number of fused-ring (bicyclic) bond motifs is 1. The lowest BCUT2D eigenvalue weighted by molar-refractivity contribution is -0.143. The van der Waals surface area contributed by atoms with E-state index in [9.17, 15) is 9.59 Å². The second kappa shape index (κ2) is 9.91. The summed E-state index contributed by atoms with van der Waals surface area (Å²) in [6, 6.07) is 17.6. The molecule has 7 heteroatoms. The number of esters is 2. The van der Waals surface area contributed by atoms with Crippen molar-refractivity contribution in [1.29, 1.82) is 0 Å². The molecule has 0 spiro atoms. The van der Waals surface area contributed by atoms with E-state index < -0.39 is 11.9 Å². The third-order valence-electron chi connectivity index (χ3n) is 4.40. The van der Waals surface area contributed by atoms with Gasteiger partial charge >= 0.3 is 11.9 Å². The maximum Gasteiger partial charge on any atom is 0.345 e. The Labute approximate surface area is 190 Å². The number of hydrogen-bond acceptors (Lipinski definition) is 5. The predicted octanol–water partition coefficient (Wildman–Crippen LogP) is 5.67. The van der Waals surface area contributed by atoms with Crippen molar-refractivity contribution in [2.75, 3.05) is 14.2 Å². The Morgan fingerprint density at radius 2 is 1.60 bits per heavy atom. The molecule has 0 amide bonds. The van der Waals surface area contributed by atoms with Gasteiger partial charge in [-0.2, -0.15) is 0 Å². The molecule has 3 aromatic carbocycles. The topological polar surface area (TPSA) is 61.8 Å². The Morgan fingerprint density at radius 3 is 2.30 bits per heavy atom. The van der Waals surface area contributed by atoms with E-state index in [4.69, 9.17) is 14.2 Å². The van der Waals surface area contributed by atoms with Crippen molar-refractivity contribution in [3.8, 4) is 5.75 Å². The molecular weight excluding hydrogens is 516 g/mol. The minimum atomic E-state index is -0.794. The highest BCUT2D eigenvalue weighted by molar-refractivity contribution is 9.11. The molecule has 0 aliphatic rings. The molecule has 154 valence electrons. The van der Waals surface area contributed by atoms with Crippen molar-refractivity contribution >= 4 is 60.6 Å². The normalized spacial score (nSPS) is 10.4. The zero-order valence-corrected chi connectivity index (χ0v) is 19.4. The third-order valence-corrected chi connectivity index (χ3v) is 5.45. The van der Waals surface area contributed by atoms with Crippen LogP contribution in [0, 0.1) is 0 Å². The molecular formula is C23H18Br2O5. The van der Waals surface area contributed by atoms with E-state index in [2.05, 4.69) is 31.9 Å².